The molecule has 0 aliphatic rings. The van der Waals surface area contributed by atoms with Crippen LogP contribution < -0.4 is 9.30 Å². The van der Waals surface area contributed by atoms with E-state index in [1.54, 1.807) is 34.9 Å². The summed E-state index contributed by atoms with van der Waals surface area (Å²) in [5, 5.41) is 2.02. The molecule has 0 spiro atoms. The Morgan fingerprint density at radius 1 is 0.581 bits per heavy atom. The van der Waals surface area contributed by atoms with Gasteiger partial charge in [0, 0.05) is 49.8 Å². The molecular formula is C68H62N4OPt-2. The van der Waals surface area contributed by atoms with Crippen molar-refractivity contribution in [3.05, 3.63) is 223 Å². The maximum Gasteiger partial charge on any atom is 0.268 e. The molecule has 0 bridgehead atoms. The van der Waals surface area contributed by atoms with Crippen LogP contribution in [-0.2, 0) is 39.2 Å². The Morgan fingerprint density at radius 3 is 1.97 bits per heavy atom. The number of hydrogen-bond acceptors (Lipinski definition) is 2. The van der Waals surface area contributed by atoms with E-state index in [0.29, 0.717) is 45.0 Å². The van der Waals surface area contributed by atoms with Gasteiger partial charge in [0.25, 0.3) is 6.33 Å². The van der Waals surface area contributed by atoms with Crippen LogP contribution >= 0.6 is 0 Å². The van der Waals surface area contributed by atoms with E-state index in [9.17, 15) is 8.22 Å². The normalized spacial score (nSPS) is 14.3. The molecule has 11 rings (SSSR count). The van der Waals surface area contributed by atoms with Crippen LogP contribution in [0.15, 0.2) is 188 Å². The zero-order valence-electron chi connectivity index (χ0n) is 52.0. The molecule has 0 atom stereocenters. The number of nitrogens with zero attached hydrogens (tertiary/aromatic N) is 4. The van der Waals surface area contributed by atoms with Gasteiger partial charge >= 0.3 is 0 Å². The molecule has 0 fully saturated rings. The minimum atomic E-state index is -1.95. The topological polar surface area (TPSA) is 35.9 Å². The maximum absolute atomic E-state index is 9.51. The van der Waals surface area contributed by atoms with Gasteiger partial charge in [0.15, 0.2) is 0 Å². The molecule has 372 valence electrons. The van der Waals surface area contributed by atoms with E-state index in [2.05, 4.69) is 92.3 Å². The Labute approximate surface area is 464 Å². The summed E-state index contributed by atoms with van der Waals surface area (Å²) < 4.78 is 95.1. The number of imidazole rings is 1. The zero-order valence-corrected chi connectivity index (χ0v) is 45.3. The van der Waals surface area contributed by atoms with Crippen LogP contribution in [0, 0.1) is 29.3 Å². The number of rotatable bonds is 10. The minimum Gasteiger partial charge on any atom is -0.510 e. The fraction of sp³-hybridized carbons (Fsp3) is 0.206. The van der Waals surface area contributed by atoms with Gasteiger partial charge < -0.3 is 13.9 Å². The van der Waals surface area contributed by atoms with E-state index in [0.717, 1.165) is 44.3 Å². The molecule has 6 heteroatoms. The number of benzene rings is 8. The van der Waals surface area contributed by atoms with Crippen molar-refractivity contribution in [2.24, 2.45) is 10.8 Å². The second kappa shape index (κ2) is 19.8. The van der Waals surface area contributed by atoms with Crippen molar-refractivity contribution in [2.75, 3.05) is 0 Å². The molecule has 3 heterocycles. The predicted molar refractivity (Wildman–Crippen MR) is 301 cm³/mol. The van der Waals surface area contributed by atoms with Gasteiger partial charge in [-0.25, -0.2) is 4.98 Å². The minimum absolute atomic E-state index is 0. The van der Waals surface area contributed by atoms with E-state index in [1.807, 2.05) is 125 Å². The molecule has 0 saturated heterocycles. The van der Waals surface area contributed by atoms with Crippen LogP contribution in [0.2, 0.25) is 0 Å². The van der Waals surface area contributed by atoms with E-state index in [4.69, 9.17) is 13.8 Å². The van der Waals surface area contributed by atoms with Crippen molar-refractivity contribution in [3.63, 3.8) is 0 Å². The van der Waals surface area contributed by atoms with Crippen LogP contribution in [0.1, 0.15) is 91.3 Å². The molecule has 0 saturated carbocycles. The Morgan fingerprint density at radius 2 is 1.26 bits per heavy atom. The molecular weight excluding hydrogens is 1080 g/mol. The van der Waals surface area contributed by atoms with E-state index in [-0.39, 0.29) is 48.7 Å². The number of hydrogen-bond donors (Lipinski definition) is 0. The number of fused-ring (bicyclic) bond motifs is 4. The third-order valence-electron chi connectivity index (χ3n) is 12.7. The quantitative estimate of drug-likeness (QED) is 0.101. The molecule has 0 amide bonds. The summed E-state index contributed by atoms with van der Waals surface area (Å²) in [6.45, 7) is 17.4. The second-order valence-electron chi connectivity index (χ2n) is 21.7. The summed E-state index contributed by atoms with van der Waals surface area (Å²) in [6, 6.07) is 53.2. The Balaban J connectivity index is 0.00000769. The number of ether oxygens (including phenoxy) is 1. The third kappa shape index (κ3) is 10.3. The molecule has 0 aliphatic carbocycles. The van der Waals surface area contributed by atoms with Gasteiger partial charge in [-0.05, 0) is 108 Å². The third-order valence-corrected chi connectivity index (χ3v) is 12.7. The van der Waals surface area contributed by atoms with Crippen LogP contribution in [0.4, 0.5) is 0 Å². The molecule has 11 aromatic rings. The summed E-state index contributed by atoms with van der Waals surface area (Å²) in [4.78, 5) is 4.91. The summed E-state index contributed by atoms with van der Waals surface area (Å²) in [6.07, 6.45) is 1.53. The SMILES string of the molecule is [2H]c1c([2H])c([2H])c(-c2cccc(-c3cc(C([2H])([2H])C(C)(C)C)cc(C([2H])([2H])C(C)(C)C)c3)c2-[n+]2[c-]n(-c3[c-]c(Oc4[c-]c5c(cc4)c4cc(-c6ccccc6)ccc4n5-c4cc(C(C)(C)C)ccn4)ccc3)c3ccccc32)c([2H])c1[2H].[Pt]. The maximum atomic E-state index is 9.51. The molecule has 74 heavy (non-hydrogen) atoms. The summed E-state index contributed by atoms with van der Waals surface area (Å²) in [7, 11) is 0. The average molecular weight is 1160 g/mol. The monoisotopic (exact) mass is 1150 g/mol. The first-order valence-electron chi connectivity index (χ1n) is 29.2. The van der Waals surface area contributed by atoms with Crippen molar-refractivity contribution in [1.29, 1.82) is 0 Å². The number of aromatic nitrogens is 4. The van der Waals surface area contributed by atoms with Crippen LogP contribution in [-0.4, -0.2) is 14.1 Å². The first kappa shape index (κ1) is 40.1. The van der Waals surface area contributed by atoms with E-state index < -0.39 is 53.8 Å². The smallest absolute Gasteiger partial charge is 0.268 e. The van der Waals surface area contributed by atoms with Crippen LogP contribution in [0.5, 0.6) is 11.5 Å². The van der Waals surface area contributed by atoms with Gasteiger partial charge in [-0.15, -0.1) is 29.7 Å². The number of pyridine rings is 1. The molecule has 5 nitrogen and oxygen atoms in total. The van der Waals surface area contributed by atoms with Crippen LogP contribution in [0.3, 0.4) is 0 Å². The largest absolute Gasteiger partial charge is 0.510 e. The fourth-order valence-electron chi connectivity index (χ4n) is 9.59. The summed E-state index contributed by atoms with van der Waals surface area (Å²) in [5.41, 5.74) is 7.08. The van der Waals surface area contributed by atoms with E-state index >= 15 is 0 Å². The van der Waals surface area contributed by atoms with Crippen molar-refractivity contribution in [1.82, 2.24) is 14.1 Å². The Kier molecular flexibility index (Phi) is 10.7. The van der Waals surface area contributed by atoms with Crippen molar-refractivity contribution in [3.8, 4) is 62.1 Å². The fourth-order valence-corrected chi connectivity index (χ4v) is 9.59. The van der Waals surface area contributed by atoms with Gasteiger partial charge in [0.2, 0.25) is 0 Å². The van der Waals surface area contributed by atoms with Gasteiger partial charge in [0.05, 0.1) is 23.6 Å². The molecule has 0 radical (unpaired) electrons. The molecule has 3 aromatic heterocycles. The summed E-state index contributed by atoms with van der Waals surface area (Å²) >= 11 is 0. The van der Waals surface area contributed by atoms with Gasteiger partial charge in [-0.2, -0.15) is 18.2 Å². The molecule has 0 aliphatic heterocycles. The molecule has 8 aromatic carbocycles. The molecule has 0 unspecified atom stereocenters. The zero-order chi connectivity index (χ0) is 58.6. The average Bonchev–Trinajstić information content (AvgIpc) is 2.94. The Hall–Kier alpha value is -7.33. The van der Waals surface area contributed by atoms with Gasteiger partial charge in [0.1, 0.15) is 5.82 Å². The van der Waals surface area contributed by atoms with Gasteiger partial charge in [-0.3, -0.25) is 4.57 Å². The first-order valence-corrected chi connectivity index (χ1v) is 24.7. The van der Waals surface area contributed by atoms with Crippen molar-refractivity contribution >= 4 is 32.8 Å². The first-order chi connectivity index (χ1) is 38.7. The van der Waals surface area contributed by atoms with Crippen LogP contribution in [0.25, 0.3) is 83.4 Å². The second-order valence-corrected chi connectivity index (χ2v) is 21.7. The van der Waals surface area contributed by atoms with Gasteiger partial charge in [-0.1, -0.05) is 201 Å². The van der Waals surface area contributed by atoms with Crippen molar-refractivity contribution < 1.29 is 42.7 Å². The van der Waals surface area contributed by atoms with Crippen molar-refractivity contribution in [2.45, 2.75) is 80.5 Å². The number of para-hydroxylation sites is 3. The summed E-state index contributed by atoms with van der Waals surface area (Å²) in [5.74, 6) is 1.59. The standard InChI is InChI=1S/C68H62N4O.Pt/c1-66(2,3)43-46-36-47(44-67(4,5)6)38-51(37-46)57-27-19-26-56(49-22-14-11-15-23-49)65(57)71-45-70(61-28-16-17-29-62(61)71)53-24-18-25-54(41-53)73-55-31-32-58-59-39-50(48-20-12-10-13-21-48)30-33-60(59)72(63(58)42-55)64-40-52(34-35-69-64)68(7,8)9;/h10-40H,43-44H2,1-9H3;/q-2;/i11D,14D,15D,22D,23D,43D2,44D2;. The van der Waals surface area contributed by atoms with E-state index in [1.165, 1.54) is 0 Å². The predicted octanol–water partition coefficient (Wildman–Crippen LogP) is 17.1. The Bertz CT molecular complexity index is 4270. The molecule has 0 N–H and O–H groups in total.